The summed E-state index contributed by atoms with van der Waals surface area (Å²) in [6.07, 6.45) is 6.31. The van der Waals surface area contributed by atoms with Gasteiger partial charge in [0, 0.05) is 23.9 Å². The van der Waals surface area contributed by atoms with Gasteiger partial charge in [0.1, 0.15) is 6.04 Å². The molecule has 2 aromatic rings. The lowest BCUT2D eigenvalue weighted by Crippen LogP contribution is -2.59. The van der Waals surface area contributed by atoms with Crippen LogP contribution in [0.25, 0.3) is 11.2 Å². The first-order chi connectivity index (χ1) is 17.2. The Bertz CT molecular complexity index is 1150. The van der Waals surface area contributed by atoms with Crippen molar-refractivity contribution in [2.24, 2.45) is 5.41 Å². The van der Waals surface area contributed by atoms with Crippen LogP contribution in [0.3, 0.4) is 0 Å². The van der Waals surface area contributed by atoms with E-state index in [1.807, 2.05) is 0 Å². The number of carbonyl (C=O) groups is 3. The van der Waals surface area contributed by atoms with Gasteiger partial charge in [0.2, 0.25) is 11.9 Å². The van der Waals surface area contributed by atoms with Crippen LogP contribution in [-0.2, 0) is 30.4 Å². The number of carbonyl (C=O) groups excluding carboxylic acids is 3. The second-order valence-corrected chi connectivity index (χ2v) is 9.58. The molecule has 13 nitrogen and oxygen atoms in total. The molecule has 3 aliphatic rings. The monoisotopic (exact) mass is 500 g/mol. The molecule has 5 rings (SSSR count). The third-order valence-corrected chi connectivity index (χ3v) is 7.53. The topological polar surface area (TPSA) is 197 Å². The number of nitrogens with two attached hydrogens (primary N) is 2. The lowest BCUT2D eigenvalue weighted by Gasteiger charge is -2.53. The molecule has 6 N–H and O–H groups in total. The van der Waals surface area contributed by atoms with E-state index >= 15 is 0 Å². The molecule has 3 aliphatic carbocycles. The summed E-state index contributed by atoms with van der Waals surface area (Å²) >= 11 is 0. The molecule has 1 atom stereocenters. The van der Waals surface area contributed by atoms with Crippen LogP contribution in [0.4, 0.5) is 11.8 Å². The molecule has 13 heteroatoms. The molecule has 194 valence electrons. The number of hydrogen-bond donors (Lipinski definition) is 4. The van der Waals surface area contributed by atoms with Crippen molar-refractivity contribution < 1.29 is 23.9 Å². The SMILES string of the molecule is COC(=O)CC[C@H](NC(=O)C12CCC(NCc3cnc4nc(N)nc(N)c4n3)(CC1)CC2)C(=O)OC. The van der Waals surface area contributed by atoms with Gasteiger partial charge < -0.3 is 31.6 Å². The van der Waals surface area contributed by atoms with Crippen LogP contribution >= 0.6 is 0 Å². The highest BCUT2D eigenvalue weighted by Crippen LogP contribution is 2.52. The minimum atomic E-state index is -0.888. The van der Waals surface area contributed by atoms with Crippen LogP contribution in [0.5, 0.6) is 0 Å². The van der Waals surface area contributed by atoms with E-state index in [0.29, 0.717) is 42.7 Å². The number of amides is 1. The smallest absolute Gasteiger partial charge is 0.328 e. The molecule has 36 heavy (non-hydrogen) atoms. The van der Waals surface area contributed by atoms with Gasteiger partial charge in [0.25, 0.3) is 0 Å². The Kier molecular flexibility index (Phi) is 7.20. The van der Waals surface area contributed by atoms with E-state index in [1.54, 1.807) is 6.20 Å². The molecule has 3 fully saturated rings. The van der Waals surface area contributed by atoms with Gasteiger partial charge in [0.05, 0.1) is 26.1 Å². The van der Waals surface area contributed by atoms with Gasteiger partial charge in [0.15, 0.2) is 17.0 Å². The number of aromatic nitrogens is 4. The predicted molar refractivity (Wildman–Crippen MR) is 129 cm³/mol. The zero-order valence-electron chi connectivity index (χ0n) is 20.5. The van der Waals surface area contributed by atoms with Gasteiger partial charge in [-0.2, -0.15) is 9.97 Å². The summed E-state index contributed by atoms with van der Waals surface area (Å²) in [7, 11) is 2.54. The van der Waals surface area contributed by atoms with Crippen molar-refractivity contribution in [1.29, 1.82) is 0 Å². The van der Waals surface area contributed by atoms with E-state index in [9.17, 15) is 14.4 Å². The first-order valence-corrected chi connectivity index (χ1v) is 11.9. The third-order valence-electron chi connectivity index (χ3n) is 7.53. The van der Waals surface area contributed by atoms with Crippen molar-refractivity contribution in [2.45, 2.75) is 69.5 Å². The van der Waals surface area contributed by atoms with Crippen molar-refractivity contribution in [1.82, 2.24) is 30.6 Å². The molecular weight excluding hydrogens is 468 g/mol. The van der Waals surface area contributed by atoms with E-state index < -0.39 is 23.4 Å². The minimum Gasteiger partial charge on any atom is -0.469 e. The number of ether oxygens (including phenoxy) is 2. The number of esters is 2. The predicted octanol–water partition coefficient (Wildman–Crippen LogP) is 0.378. The molecule has 0 saturated heterocycles. The summed E-state index contributed by atoms with van der Waals surface area (Å²) in [5, 5.41) is 6.47. The number of hydrogen-bond acceptors (Lipinski definition) is 12. The standard InChI is InChI=1S/C23H32N8O5/c1-35-15(32)4-3-14(19(33)36-2)29-20(34)22-5-8-23(9-6-22,10-7-22)27-12-13-11-26-18-16(28-13)17(24)30-21(25)31-18/h11,14,27H,3-10,12H2,1-2H3,(H,29,34)(H4,24,25,26,30,31)/t14-,22?,23?/m0/s1. The van der Waals surface area contributed by atoms with E-state index in [-0.39, 0.29) is 36.1 Å². The van der Waals surface area contributed by atoms with Crippen molar-refractivity contribution in [3.8, 4) is 0 Å². The first-order valence-electron chi connectivity index (χ1n) is 11.9. The summed E-state index contributed by atoms with van der Waals surface area (Å²) < 4.78 is 9.47. The second-order valence-electron chi connectivity index (χ2n) is 9.58. The molecule has 1 amide bonds. The molecule has 2 heterocycles. The molecular formula is C23H32N8O5. The summed E-state index contributed by atoms with van der Waals surface area (Å²) in [5.74, 6) is -0.939. The van der Waals surface area contributed by atoms with Crippen molar-refractivity contribution in [3.05, 3.63) is 11.9 Å². The van der Waals surface area contributed by atoms with Crippen LogP contribution < -0.4 is 22.1 Å². The van der Waals surface area contributed by atoms with Gasteiger partial charge in [-0.3, -0.25) is 9.59 Å². The quantitative estimate of drug-likeness (QED) is 0.346. The Balaban J connectivity index is 1.36. The number of rotatable bonds is 9. The van der Waals surface area contributed by atoms with E-state index in [1.165, 1.54) is 14.2 Å². The minimum absolute atomic E-state index is 0.0133. The number of nitrogens with zero attached hydrogens (tertiary/aromatic N) is 4. The van der Waals surface area contributed by atoms with E-state index in [0.717, 1.165) is 19.3 Å². The maximum Gasteiger partial charge on any atom is 0.328 e. The van der Waals surface area contributed by atoms with Crippen LogP contribution in [0.2, 0.25) is 0 Å². The van der Waals surface area contributed by atoms with E-state index in [4.69, 9.17) is 16.2 Å². The number of fused-ring (bicyclic) bond motifs is 4. The van der Waals surface area contributed by atoms with Gasteiger partial charge in [-0.15, -0.1) is 0 Å². The van der Waals surface area contributed by atoms with Crippen molar-refractivity contribution >= 4 is 40.8 Å². The Hall–Kier alpha value is -3.61. The van der Waals surface area contributed by atoms with E-state index in [2.05, 4.69) is 35.3 Å². The Morgan fingerprint density at radius 3 is 2.36 bits per heavy atom. The largest absolute Gasteiger partial charge is 0.469 e. The molecule has 0 spiro atoms. The van der Waals surface area contributed by atoms with Gasteiger partial charge in [-0.25, -0.2) is 14.8 Å². The zero-order valence-corrected chi connectivity index (χ0v) is 20.5. The Morgan fingerprint density at radius 1 is 1.03 bits per heavy atom. The fourth-order valence-electron chi connectivity index (χ4n) is 5.20. The molecule has 0 unspecified atom stereocenters. The summed E-state index contributed by atoms with van der Waals surface area (Å²) in [5.41, 5.74) is 12.4. The lowest BCUT2D eigenvalue weighted by atomic mass is 9.57. The number of methoxy groups -OCH3 is 2. The van der Waals surface area contributed by atoms with Crippen LogP contribution in [0.1, 0.15) is 57.1 Å². The lowest BCUT2D eigenvalue weighted by molar-refractivity contribution is -0.150. The highest BCUT2D eigenvalue weighted by molar-refractivity contribution is 5.88. The molecule has 0 radical (unpaired) electrons. The first kappa shape index (κ1) is 25.5. The Labute approximate surface area is 208 Å². The molecule has 0 aromatic carbocycles. The number of nitrogen functional groups attached to an aromatic ring is 2. The van der Waals surface area contributed by atoms with Crippen LogP contribution in [0.15, 0.2) is 6.20 Å². The average molecular weight is 501 g/mol. The number of nitrogens with one attached hydrogen (secondary N) is 2. The third kappa shape index (κ3) is 5.15. The van der Waals surface area contributed by atoms with Crippen molar-refractivity contribution in [3.63, 3.8) is 0 Å². The fraction of sp³-hybridized carbons (Fsp3) is 0.609. The fourth-order valence-corrected chi connectivity index (χ4v) is 5.20. The maximum absolute atomic E-state index is 13.3. The van der Waals surface area contributed by atoms with Crippen LogP contribution in [-0.4, -0.2) is 63.6 Å². The Morgan fingerprint density at radius 2 is 1.72 bits per heavy atom. The molecule has 0 aliphatic heterocycles. The highest BCUT2D eigenvalue weighted by atomic mass is 16.5. The van der Waals surface area contributed by atoms with Crippen LogP contribution in [0, 0.1) is 5.41 Å². The summed E-state index contributed by atoms with van der Waals surface area (Å²) in [6.45, 7) is 0.490. The maximum atomic E-state index is 13.3. The summed E-state index contributed by atoms with van der Waals surface area (Å²) in [4.78, 5) is 53.8. The second kappa shape index (κ2) is 10.2. The zero-order chi connectivity index (χ0) is 25.9. The van der Waals surface area contributed by atoms with Gasteiger partial charge >= 0.3 is 11.9 Å². The number of anilines is 2. The highest BCUT2D eigenvalue weighted by Gasteiger charge is 2.52. The summed E-state index contributed by atoms with van der Waals surface area (Å²) in [6, 6.07) is -0.888. The average Bonchev–Trinajstić information content (AvgIpc) is 2.90. The molecule has 2 bridgehead atoms. The van der Waals surface area contributed by atoms with Gasteiger partial charge in [-0.05, 0) is 44.9 Å². The van der Waals surface area contributed by atoms with Crippen molar-refractivity contribution in [2.75, 3.05) is 25.7 Å². The normalized spacial score (nSPS) is 23.7. The molecule has 3 saturated carbocycles. The molecule has 2 aromatic heterocycles. The van der Waals surface area contributed by atoms with Gasteiger partial charge in [-0.1, -0.05) is 0 Å².